The number of urea groups is 2. The van der Waals surface area contributed by atoms with Gasteiger partial charge in [-0.1, -0.05) is 0 Å². The number of benzene rings is 1. The minimum atomic E-state index is -0.404. The number of hydrogen-bond donors (Lipinski definition) is 3. The quantitative estimate of drug-likeness (QED) is 0.210. The van der Waals surface area contributed by atoms with E-state index in [-0.39, 0.29) is 49.0 Å². The molecule has 3 N–H and O–H groups in total. The second-order valence-electron chi connectivity index (χ2n) is 12.0. The molecule has 3 unspecified atom stereocenters. The maximum absolute atomic E-state index is 13.5. The summed E-state index contributed by atoms with van der Waals surface area (Å²) in [4.78, 5) is 73.5. The van der Waals surface area contributed by atoms with E-state index in [1.54, 1.807) is 59.2 Å². The Morgan fingerprint density at radius 2 is 1.63 bits per heavy atom. The van der Waals surface area contributed by atoms with Crippen LogP contribution < -0.4 is 16.0 Å². The maximum Gasteiger partial charge on any atom is 0.322 e. The highest BCUT2D eigenvalue weighted by Crippen LogP contribution is 2.25. The van der Waals surface area contributed by atoms with Crippen molar-refractivity contribution in [3.63, 3.8) is 0 Å². The van der Waals surface area contributed by atoms with Crippen LogP contribution in [-0.4, -0.2) is 115 Å². The molecule has 13 heteroatoms. The topological polar surface area (TPSA) is 147 Å². The Bertz CT molecular complexity index is 1260. The molecule has 3 rings (SSSR count). The van der Waals surface area contributed by atoms with Crippen molar-refractivity contribution >= 4 is 47.9 Å². The highest BCUT2D eigenvalue weighted by atomic mass is 16.2. The van der Waals surface area contributed by atoms with Gasteiger partial charge in [-0.2, -0.15) is 0 Å². The van der Waals surface area contributed by atoms with E-state index >= 15 is 0 Å². The lowest BCUT2D eigenvalue weighted by Gasteiger charge is -2.27. The van der Waals surface area contributed by atoms with Crippen molar-refractivity contribution in [3.8, 4) is 0 Å². The Hall–Kier alpha value is -4.42. The van der Waals surface area contributed by atoms with E-state index in [0.717, 1.165) is 50.9 Å². The zero-order valence-corrected chi connectivity index (χ0v) is 27.8. The third-order valence-corrected chi connectivity index (χ3v) is 8.35. The SMILES string of the molecule is CCN(CCC(=O)N1CCCC1)C(=O)Nc1ccc(NC(=O)N(C/C=C2/CCC(C)N2C=O)CC(C)NC(=O)C(C)C=NC)cc1. The number of anilines is 2. The molecule has 2 fully saturated rings. The van der Waals surface area contributed by atoms with Gasteiger partial charge in [-0.15, -0.1) is 0 Å². The van der Waals surface area contributed by atoms with Gasteiger partial charge in [-0.3, -0.25) is 14.4 Å². The van der Waals surface area contributed by atoms with E-state index in [9.17, 15) is 24.0 Å². The molecule has 252 valence electrons. The fraction of sp³-hybridized carbons (Fsp3) is 0.576. The summed E-state index contributed by atoms with van der Waals surface area (Å²) in [6.45, 7) is 10.3. The largest absolute Gasteiger partial charge is 0.351 e. The van der Waals surface area contributed by atoms with Gasteiger partial charge in [0.25, 0.3) is 0 Å². The molecule has 2 saturated heterocycles. The molecule has 3 atom stereocenters. The van der Waals surface area contributed by atoms with Gasteiger partial charge in [0, 0.05) is 88.1 Å². The average molecular weight is 639 g/mol. The van der Waals surface area contributed by atoms with Gasteiger partial charge in [-0.25, -0.2) is 9.59 Å². The van der Waals surface area contributed by atoms with Crippen molar-refractivity contribution in [2.45, 2.75) is 71.9 Å². The first-order chi connectivity index (χ1) is 22.1. The number of aliphatic imine (C=N–C) groups is 1. The normalized spacial score (nSPS) is 18.4. The summed E-state index contributed by atoms with van der Waals surface area (Å²) in [7, 11) is 1.61. The monoisotopic (exact) mass is 638 g/mol. The minimum absolute atomic E-state index is 0.0743. The number of hydrogen-bond acceptors (Lipinski definition) is 6. The van der Waals surface area contributed by atoms with Crippen LogP contribution >= 0.6 is 0 Å². The molecule has 0 bridgehead atoms. The average Bonchev–Trinajstić information content (AvgIpc) is 3.70. The number of allylic oxidation sites excluding steroid dienone is 1. The second-order valence-corrected chi connectivity index (χ2v) is 12.0. The highest BCUT2D eigenvalue weighted by Gasteiger charge is 2.25. The summed E-state index contributed by atoms with van der Waals surface area (Å²) in [5.74, 6) is -0.518. The van der Waals surface area contributed by atoms with Gasteiger partial charge in [0.15, 0.2) is 0 Å². The van der Waals surface area contributed by atoms with Crippen molar-refractivity contribution < 1.29 is 24.0 Å². The molecule has 0 aromatic heterocycles. The van der Waals surface area contributed by atoms with Crippen molar-refractivity contribution in [2.24, 2.45) is 10.9 Å². The van der Waals surface area contributed by atoms with Gasteiger partial charge in [0.2, 0.25) is 18.2 Å². The predicted molar refractivity (Wildman–Crippen MR) is 180 cm³/mol. The van der Waals surface area contributed by atoms with Gasteiger partial charge in [-0.05, 0) is 83.7 Å². The van der Waals surface area contributed by atoms with Crippen LogP contribution in [0.1, 0.15) is 59.8 Å². The Balaban J connectivity index is 1.62. The van der Waals surface area contributed by atoms with E-state index in [0.29, 0.717) is 30.9 Å². The lowest BCUT2D eigenvalue weighted by Crippen LogP contribution is -2.47. The van der Waals surface area contributed by atoms with Gasteiger partial charge < -0.3 is 40.5 Å². The molecular formula is C33H50N8O5. The Kier molecular flexibility index (Phi) is 14.0. The Labute approximate surface area is 272 Å². The summed E-state index contributed by atoms with van der Waals surface area (Å²) < 4.78 is 0. The van der Waals surface area contributed by atoms with E-state index in [1.165, 1.54) is 0 Å². The smallest absolute Gasteiger partial charge is 0.322 e. The van der Waals surface area contributed by atoms with Crippen LogP contribution in [0.5, 0.6) is 0 Å². The summed E-state index contributed by atoms with van der Waals surface area (Å²) in [5, 5.41) is 8.70. The number of nitrogens with one attached hydrogen (secondary N) is 3. The molecule has 0 aliphatic carbocycles. The van der Waals surface area contributed by atoms with Crippen LogP contribution in [-0.2, 0) is 14.4 Å². The molecule has 7 amide bonds. The highest BCUT2D eigenvalue weighted by molar-refractivity contribution is 5.93. The Morgan fingerprint density at radius 3 is 2.20 bits per heavy atom. The fourth-order valence-electron chi connectivity index (χ4n) is 5.59. The molecule has 46 heavy (non-hydrogen) atoms. The van der Waals surface area contributed by atoms with Crippen LogP contribution in [0.3, 0.4) is 0 Å². The first kappa shape index (κ1) is 36.1. The van der Waals surface area contributed by atoms with E-state index < -0.39 is 5.92 Å². The van der Waals surface area contributed by atoms with Crippen LogP contribution in [0.15, 0.2) is 41.0 Å². The Morgan fingerprint density at radius 1 is 1.02 bits per heavy atom. The third-order valence-electron chi connectivity index (χ3n) is 8.35. The molecule has 1 aromatic carbocycles. The summed E-state index contributed by atoms with van der Waals surface area (Å²) in [5.41, 5.74) is 1.95. The van der Waals surface area contributed by atoms with E-state index in [1.807, 2.05) is 31.7 Å². The molecule has 0 spiro atoms. The van der Waals surface area contributed by atoms with Gasteiger partial charge in [0.1, 0.15) is 0 Å². The maximum atomic E-state index is 13.5. The number of likely N-dealkylation sites (tertiary alicyclic amines) is 2. The second kappa shape index (κ2) is 17.9. The zero-order valence-electron chi connectivity index (χ0n) is 27.8. The number of nitrogens with zero attached hydrogens (tertiary/aromatic N) is 5. The lowest BCUT2D eigenvalue weighted by atomic mass is 10.1. The molecule has 1 aromatic rings. The molecule has 0 saturated carbocycles. The van der Waals surface area contributed by atoms with Crippen LogP contribution in [0.25, 0.3) is 0 Å². The number of carbonyl (C=O) groups is 5. The summed E-state index contributed by atoms with van der Waals surface area (Å²) in [6, 6.07) is 5.87. The standard InChI is InChI=1S/C33H50N8O5/c1-6-38(20-16-30(43)39-17-7-8-18-39)32(45)36-27-10-12-28(13-11-27)37-33(46)40(19-15-29-14-9-26(4)41(29)23-42)22-25(3)35-31(44)24(2)21-34-5/h10-13,15,21,23-26H,6-9,14,16-20,22H2,1-5H3,(H,35,44)(H,36,45)(H,37,46)/b29-15-,34-21?. The van der Waals surface area contributed by atoms with Crippen molar-refractivity contribution in [1.29, 1.82) is 0 Å². The van der Waals surface area contributed by atoms with E-state index in [4.69, 9.17) is 0 Å². The van der Waals surface area contributed by atoms with Gasteiger partial charge >= 0.3 is 12.1 Å². The lowest BCUT2D eigenvalue weighted by molar-refractivity contribution is -0.130. The van der Waals surface area contributed by atoms with E-state index in [2.05, 4.69) is 20.9 Å². The molecule has 2 heterocycles. The number of amides is 7. The number of rotatable bonds is 14. The molecular weight excluding hydrogens is 588 g/mol. The van der Waals surface area contributed by atoms with Crippen LogP contribution in [0, 0.1) is 5.92 Å². The van der Waals surface area contributed by atoms with Crippen LogP contribution in [0.4, 0.5) is 21.0 Å². The van der Waals surface area contributed by atoms with Crippen molar-refractivity contribution in [1.82, 2.24) is 24.9 Å². The van der Waals surface area contributed by atoms with Crippen molar-refractivity contribution in [2.75, 3.05) is 56.9 Å². The zero-order chi connectivity index (χ0) is 33.6. The first-order valence-electron chi connectivity index (χ1n) is 16.2. The molecule has 13 nitrogen and oxygen atoms in total. The minimum Gasteiger partial charge on any atom is -0.351 e. The molecule has 2 aliphatic heterocycles. The van der Waals surface area contributed by atoms with Gasteiger partial charge in [0.05, 0.1) is 5.92 Å². The summed E-state index contributed by atoms with van der Waals surface area (Å²) >= 11 is 0. The third kappa shape index (κ3) is 10.6. The number of carbonyl (C=O) groups excluding carboxylic acids is 5. The van der Waals surface area contributed by atoms with Crippen molar-refractivity contribution in [3.05, 3.63) is 36.0 Å². The summed E-state index contributed by atoms with van der Waals surface area (Å²) in [6.07, 6.45) is 8.22. The first-order valence-corrected chi connectivity index (χ1v) is 16.2. The molecule has 2 aliphatic rings. The predicted octanol–water partition coefficient (Wildman–Crippen LogP) is 3.75. The molecule has 0 radical (unpaired) electrons. The fourth-order valence-corrected chi connectivity index (χ4v) is 5.59. The van der Waals surface area contributed by atoms with Crippen LogP contribution in [0.2, 0.25) is 0 Å².